The molecule has 2 aromatic carbocycles. The molecule has 1 aliphatic heterocycles. The Bertz CT molecular complexity index is 1290. The molecule has 11 heteroatoms. The summed E-state index contributed by atoms with van der Waals surface area (Å²) in [4.78, 5) is 27.0. The molecular weight excluding hydrogens is 446 g/mol. The summed E-state index contributed by atoms with van der Waals surface area (Å²) < 4.78 is 28.3. The van der Waals surface area contributed by atoms with Gasteiger partial charge in [-0.3, -0.25) is 14.5 Å². The quantitative estimate of drug-likeness (QED) is 0.396. The number of piperidine rings is 1. The van der Waals surface area contributed by atoms with Crippen molar-refractivity contribution >= 4 is 44.2 Å². The Hall–Kier alpha value is -3.41. The van der Waals surface area contributed by atoms with Crippen LogP contribution >= 0.6 is 0 Å². The molecule has 10 nitrogen and oxygen atoms in total. The van der Waals surface area contributed by atoms with Crippen molar-refractivity contribution in [2.45, 2.75) is 23.8 Å². The second kappa shape index (κ2) is 9.22. The summed E-state index contributed by atoms with van der Waals surface area (Å²) in [5, 5.41) is 11.5. The highest BCUT2D eigenvalue weighted by atomic mass is 32.2. The molecule has 2 heterocycles. The number of carbonyl (C=O) groups excluding carboxylic acids is 2. The van der Waals surface area contributed by atoms with Crippen molar-refractivity contribution in [2.24, 2.45) is 5.14 Å². The number of hydrogen-bond acceptors (Lipinski definition) is 7. The van der Waals surface area contributed by atoms with E-state index < -0.39 is 10.0 Å². The predicted molar refractivity (Wildman–Crippen MR) is 124 cm³/mol. The zero-order valence-electron chi connectivity index (χ0n) is 17.8. The number of nitrogen functional groups attached to an aromatic ring is 1. The van der Waals surface area contributed by atoms with E-state index >= 15 is 0 Å². The van der Waals surface area contributed by atoms with Gasteiger partial charge < -0.3 is 20.8 Å². The van der Waals surface area contributed by atoms with Crippen molar-refractivity contribution in [3.05, 3.63) is 54.3 Å². The Morgan fingerprint density at radius 1 is 1.15 bits per heavy atom. The Morgan fingerprint density at radius 3 is 2.61 bits per heavy atom. The average Bonchev–Trinajstić information content (AvgIpc) is 3.20. The fourth-order valence-electron chi connectivity index (χ4n) is 3.90. The number of amides is 2. The van der Waals surface area contributed by atoms with E-state index in [9.17, 15) is 18.0 Å². The lowest BCUT2D eigenvalue weighted by molar-refractivity contribution is -0.117. The Kier molecular flexibility index (Phi) is 6.36. The van der Waals surface area contributed by atoms with Crippen LogP contribution in [0.3, 0.4) is 0 Å². The van der Waals surface area contributed by atoms with Crippen LogP contribution in [0.2, 0.25) is 0 Å². The molecule has 1 aromatic heterocycles. The fraction of sp³-hybridized carbons (Fsp3) is 0.273. The van der Waals surface area contributed by atoms with E-state index in [-0.39, 0.29) is 35.1 Å². The minimum Gasteiger partial charge on any atom is -0.451 e. The third kappa shape index (κ3) is 5.51. The molecule has 6 N–H and O–H groups in total. The molecular formula is C22H25N5O5S. The number of carbonyl (C=O) groups is 2. The highest BCUT2D eigenvalue weighted by molar-refractivity contribution is 7.89. The number of rotatable bonds is 6. The van der Waals surface area contributed by atoms with E-state index in [4.69, 9.17) is 15.3 Å². The number of fused-ring (bicyclic) bond motifs is 1. The number of sulfonamides is 1. The lowest BCUT2D eigenvalue weighted by Gasteiger charge is -2.32. The van der Waals surface area contributed by atoms with Crippen LogP contribution in [-0.4, -0.2) is 50.8 Å². The number of nitrogens with two attached hydrogens (primary N) is 2. The van der Waals surface area contributed by atoms with E-state index in [1.165, 1.54) is 24.3 Å². The van der Waals surface area contributed by atoms with Crippen LogP contribution in [0.15, 0.2) is 57.8 Å². The number of benzene rings is 2. The summed E-state index contributed by atoms with van der Waals surface area (Å²) in [6, 6.07) is 12.4. The van der Waals surface area contributed by atoms with E-state index in [0.29, 0.717) is 28.9 Å². The van der Waals surface area contributed by atoms with Gasteiger partial charge in [-0.05, 0) is 61.9 Å². The molecule has 1 aliphatic rings. The number of furan rings is 1. The summed E-state index contributed by atoms with van der Waals surface area (Å²) in [6.07, 6.45) is 1.62. The minimum atomic E-state index is -3.79. The second-order valence-electron chi connectivity index (χ2n) is 8.03. The van der Waals surface area contributed by atoms with Crippen molar-refractivity contribution < 1.29 is 22.4 Å². The van der Waals surface area contributed by atoms with E-state index in [2.05, 4.69) is 10.6 Å². The number of hydrogen-bond donors (Lipinski definition) is 4. The zero-order chi connectivity index (χ0) is 23.6. The average molecular weight is 472 g/mol. The van der Waals surface area contributed by atoms with Gasteiger partial charge in [-0.2, -0.15) is 0 Å². The van der Waals surface area contributed by atoms with Crippen molar-refractivity contribution in [1.29, 1.82) is 0 Å². The van der Waals surface area contributed by atoms with Crippen LogP contribution in [0, 0.1) is 0 Å². The van der Waals surface area contributed by atoms with Gasteiger partial charge in [0.1, 0.15) is 5.58 Å². The third-order valence-corrected chi connectivity index (χ3v) is 6.42. The van der Waals surface area contributed by atoms with Gasteiger partial charge in [-0.25, -0.2) is 13.6 Å². The normalized spacial score (nSPS) is 17.1. The van der Waals surface area contributed by atoms with Crippen LogP contribution in [0.1, 0.15) is 23.4 Å². The summed E-state index contributed by atoms with van der Waals surface area (Å²) >= 11 is 0. The van der Waals surface area contributed by atoms with Gasteiger partial charge in [0.15, 0.2) is 5.76 Å². The molecule has 4 rings (SSSR count). The maximum Gasteiger partial charge on any atom is 0.287 e. The van der Waals surface area contributed by atoms with Crippen LogP contribution in [0.25, 0.3) is 11.0 Å². The van der Waals surface area contributed by atoms with Crippen molar-refractivity contribution in [3.63, 3.8) is 0 Å². The summed E-state index contributed by atoms with van der Waals surface area (Å²) in [5.41, 5.74) is 7.50. The summed E-state index contributed by atoms with van der Waals surface area (Å²) in [7, 11) is -3.79. The molecule has 0 bridgehead atoms. The first-order valence-corrected chi connectivity index (χ1v) is 12.0. The van der Waals surface area contributed by atoms with E-state index in [1.54, 1.807) is 24.3 Å². The van der Waals surface area contributed by atoms with Gasteiger partial charge >= 0.3 is 0 Å². The van der Waals surface area contributed by atoms with Gasteiger partial charge in [0, 0.05) is 29.3 Å². The molecule has 3 aromatic rings. The number of primary sulfonamides is 1. The number of likely N-dealkylation sites (tertiary alicyclic amines) is 1. The molecule has 33 heavy (non-hydrogen) atoms. The van der Waals surface area contributed by atoms with Crippen LogP contribution in [-0.2, 0) is 14.8 Å². The maximum atomic E-state index is 12.7. The van der Waals surface area contributed by atoms with Gasteiger partial charge in [-0.15, -0.1) is 0 Å². The second-order valence-corrected chi connectivity index (χ2v) is 9.60. The van der Waals surface area contributed by atoms with Crippen molar-refractivity contribution in [2.75, 3.05) is 30.7 Å². The Balaban J connectivity index is 1.32. The standard InChI is InChI=1S/C22H25N5O5S/c23-18-4-1-5-19-17(18)11-20(32-19)22(29)26-15-3-2-10-27(12-15)13-21(28)25-14-6-8-16(9-7-14)33(24,30)31/h1,4-9,11,15H,2-3,10,12-13,23H2,(H,25,28)(H,26,29)(H2,24,30,31). The topological polar surface area (TPSA) is 161 Å². The van der Waals surface area contributed by atoms with Crippen LogP contribution in [0.4, 0.5) is 11.4 Å². The maximum absolute atomic E-state index is 12.7. The van der Waals surface area contributed by atoms with Crippen LogP contribution in [0.5, 0.6) is 0 Å². The van der Waals surface area contributed by atoms with Crippen molar-refractivity contribution in [3.8, 4) is 0 Å². The number of anilines is 2. The number of nitrogens with one attached hydrogen (secondary N) is 2. The Labute approximate surface area is 191 Å². The molecule has 1 fully saturated rings. The first-order chi connectivity index (χ1) is 15.7. The molecule has 0 spiro atoms. The zero-order valence-corrected chi connectivity index (χ0v) is 18.6. The Morgan fingerprint density at radius 2 is 1.91 bits per heavy atom. The first-order valence-electron chi connectivity index (χ1n) is 10.4. The van der Waals surface area contributed by atoms with Crippen LogP contribution < -0.4 is 21.5 Å². The lowest BCUT2D eigenvalue weighted by Crippen LogP contribution is -2.49. The van der Waals surface area contributed by atoms with Gasteiger partial charge in [0.2, 0.25) is 15.9 Å². The third-order valence-electron chi connectivity index (χ3n) is 5.49. The molecule has 1 unspecified atom stereocenters. The van der Waals surface area contributed by atoms with E-state index in [1.807, 2.05) is 4.90 Å². The highest BCUT2D eigenvalue weighted by Gasteiger charge is 2.24. The molecule has 1 atom stereocenters. The van der Waals surface area contributed by atoms with E-state index in [0.717, 1.165) is 19.4 Å². The molecule has 1 saturated heterocycles. The first kappa shape index (κ1) is 22.8. The minimum absolute atomic E-state index is 0.0257. The van der Waals surface area contributed by atoms with Gasteiger partial charge in [-0.1, -0.05) is 6.07 Å². The fourth-order valence-corrected chi connectivity index (χ4v) is 4.42. The predicted octanol–water partition coefficient (Wildman–Crippen LogP) is 1.50. The molecule has 0 saturated carbocycles. The molecule has 0 aliphatic carbocycles. The van der Waals surface area contributed by atoms with Gasteiger partial charge in [0.25, 0.3) is 5.91 Å². The monoisotopic (exact) mass is 471 g/mol. The molecule has 0 radical (unpaired) electrons. The number of nitrogens with zero attached hydrogens (tertiary/aromatic N) is 1. The van der Waals surface area contributed by atoms with Crippen molar-refractivity contribution in [1.82, 2.24) is 10.2 Å². The highest BCUT2D eigenvalue weighted by Crippen LogP contribution is 2.25. The van der Waals surface area contributed by atoms with Gasteiger partial charge in [0.05, 0.1) is 11.4 Å². The lowest BCUT2D eigenvalue weighted by atomic mass is 10.1. The largest absolute Gasteiger partial charge is 0.451 e. The summed E-state index contributed by atoms with van der Waals surface area (Å²) in [6.45, 7) is 1.39. The molecule has 174 valence electrons. The smallest absolute Gasteiger partial charge is 0.287 e. The SMILES string of the molecule is Nc1cccc2oc(C(=O)NC3CCCN(CC(=O)Nc4ccc(S(N)(=O)=O)cc4)C3)cc12. The molecule has 2 amide bonds. The summed E-state index contributed by atoms with van der Waals surface area (Å²) in [5.74, 6) is -0.365.